The number of benzene rings is 1. The highest BCUT2D eigenvalue weighted by atomic mass is 16.5. The number of carbonyl (C=O) groups is 2. The van der Waals surface area contributed by atoms with E-state index >= 15 is 0 Å². The van der Waals surface area contributed by atoms with E-state index in [1.807, 2.05) is 30.3 Å². The van der Waals surface area contributed by atoms with E-state index in [0.29, 0.717) is 6.42 Å². The van der Waals surface area contributed by atoms with E-state index < -0.39 is 12.0 Å². The Balaban J connectivity index is 2.17. The molecule has 5 nitrogen and oxygen atoms in total. The summed E-state index contributed by atoms with van der Waals surface area (Å²) < 4.78 is 5.04. The number of aliphatic carboxylic acids is 1. The van der Waals surface area contributed by atoms with Crippen LogP contribution in [0, 0.1) is 0 Å². The molecule has 0 spiro atoms. The normalized spacial score (nSPS) is 11.8. The molecule has 1 aromatic carbocycles. The van der Waals surface area contributed by atoms with Crippen molar-refractivity contribution in [1.82, 2.24) is 0 Å². The first kappa shape index (κ1) is 14.2. The van der Waals surface area contributed by atoms with Crippen LogP contribution in [0.4, 0.5) is 0 Å². The molecule has 1 rings (SSSR count). The molecule has 0 aliphatic carbocycles. The van der Waals surface area contributed by atoms with E-state index in [4.69, 9.17) is 15.6 Å². The van der Waals surface area contributed by atoms with Gasteiger partial charge >= 0.3 is 11.9 Å². The Bertz CT molecular complexity index is 391. The molecule has 5 heteroatoms. The zero-order chi connectivity index (χ0) is 13.4. The molecule has 0 radical (unpaired) electrons. The fourth-order valence-electron chi connectivity index (χ4n) is 1.40. The quantitative estimate of drug-likeness (QED) is 0.713. The van der Waals surface area contributed by atoms with Gasteiger partial charge in [-0.2, -0.15) is 0 Å². The molecule has 0 fully saturated rings. The summed E-state index contributed by atoms with van der Waals surface area (Å²) in [7, 11) is 0. The highest BCUT2D eigenvalue weighted by Gasteiger charge is 2.12. The number of carbonyl (C=O) groups excluding carboxylic acids is 1. The van der Waals surface area contributed by atoms with Crippen molar-refractivity contribution in [3.05, 3.63) is 35.9 Å². The van der Waals surface area contributed by atoms with Crippen LogP contribution in [0.25, 0.3) is 0 Å². The van der Waals surface area contributed by atoms with Crippen LogP contribution in [-0.2, 0) is 20.9 Å². The summed E-state index contributed by atoms with van der Waals surface area (Å²) in [5.74, 6) is -1.39. The van der Waals surface area contributed by atoms with Gasteiger partial charge in [0, 0.05) is 6.42 Å². The largest absolute Gasteiger partial charge is 0.480 e. The molecular weight excluding hydrogens is 234 g/mol. The Morgan fingerprint density at radius 3 is 2.56 bits per heavy atom. The van der Waals surface area contributed by atoms with Gasteiger partial charge in [-0.15, -0.1) is 0 Å². The van der Waals surface area contributed by atoms with E-state index in [1.165, 1.54) is 0 Å². The predicted octanol–water partition coefficient (Wildman–Crippen LogP) is 1.31. The minimum atomic E-state index is -1.05. The lowest BCUT2D eigenvalue weighted by Gasteiger charge is -2.06. The van der Waals surface area contributed by atoms with Crippen molar-refractivity contribution in [3.8, 4) is 0 Å². The number of hydrogen-bond donors (Lipinski definition) is 2. The summed E-state index contributed by atoms with van der Waals surface area (Å²) in [5, 5.41) is 8.56. The number of rotatable bonds is 7. The summed E-state index contributed by atoms with van der Waals surface area (Å²) in [6.45, 7) is 0.241. The summed E-state index contributed by atoms with van der Waals surface area (Å²) in [6, 6.07) is 8.45. The van der Waals surface area contributed by atoms with Gasteiger partial charge in [0.2, 0.25) is 0 Å². The smallest absolute Gasteiger partial charge is 0.320 e. The predicted molar refractivity (Wildman–Crippen MR) is 65.7 cm³/mol. The summed E-state index contributed by atoms with van der Waals surface area (Å²) in [5.41, 5.74) is 6.24. The van der Waals surface area contributed by atoms with Gasteiger partial charge in [0.1, 0.15) is 12.6 Å². The first-order valence-electron chi connectivity index (χ1n) is 5.77. The molecule has 0 aromatic heterocycles. The van der Waals surface area contributed by atoms with Crippen molar-refractivity contribution < 1.29 is 19.4 Å². The maximum Gasteiger partial charge on any atom is 0.320 e. The van der Waals surface area contributed by atoms with Gasteiger partial charge in [-0.05, 0) is 18.4 Å². The highest BCUT2D eigenvalue weighted by Crippen LogP contribution is 2.05. The van der Waals surface area contributed by atoms with Crippen molar-refractivity contribution in [2.75, 3.05) is 0 Å². The standard InChI is InChI=1S/C13H17NO4/c14-11(13(16)17)7-4-8-12(15)18-9-10-5-2-1-3-6-10/h1-3,5-6,11H,4,7-9,14H2,(H,16,17). The van der Waals surface area contributed by atoms with Crippen molar-refractivity contribution in [1.29, 1.82) is 0 Å². The second-order valence-electron chi connectivity index (χ2n) is 3.98. The first-order chi connectivity index (χ1) is 8.59. The summed E-state index contributed by atoms with van der Waals surface area (Å²) in [4.78, 5) is 21.8. The molecule has 0 aliphatic rings. The van der Waals surface area contributed by atoms with Crippen LogP contribution >= 0.6 is 0 Å². The zero-order valence-electron chi connectivity index (χ0n) is 10.0. The number of carboxylic acids is 1. The third kappa shape index (κ3) is 5.45. The van der Waals surface area contributed by atoms with Crippen LogP contribution in [0.15, 0.2) is 30.3 Å². The van der Waals surface area contributed by atoms with Crippen molar-refractivity contribution in [2.24, 2.45) is 5.73 Å². The second kappa shape index (κ2) is 7.45. The topological polar surface area (TPSA) is 89.6 Å². The third-order valence-electron chi connectivity index (χ3n) is 2.46. The lowest BCUT2D eigenvalue weighted by Crippen LogP contribution is -2.29. The summed E-state index contributed by atoms with van der Waals surface area (Å²) >= 11 is 0. The van der Waals surface area contributed by atoms with Crippen molar-refractivity contribution in [3.63, 3.8) is 0 Å². The Labute approximate surface area is 106 Å². The number of nitrogens with two attached hydrogens (primary N) is 1. The molecule has 98 valence electrons. The average molecular weight is 251 g/mol. The molecule has 0 amide bonds. The molecule has 0 saturated heterocycles. The van der Waals surface area contributed by atoms with Gasteiger partial charge in [0.25, 0.3) is 0 Å². The Morgan fingerprint density at radius 2 is 1.94 bits per heavy atom. The van der Waals surface area contributed by atoms with Gasteiger partial charge in [-0.3, -0.25) is 9.59 Å². The number of carboxylic acid groups (broad SMARTS) is 1. The van der Waals surface area contributed by atoms with Crippen molar-refractivity contribution >= 4 is 11.9 Å². The fraction of sp³-hybridized carbons (Fsp3) is 0.385. The van der Waals surface area contributed by atoms with Gasteiger partial charge in [0.15, 0.2) is 0 Å². The van der Waals surface area contributed by atoms with E-state index in [-0.39, 0.29) is 25.4 Å². The van der Waals surface area contributed by atoms with Gasteiger partial charge in [0.05, 0.1) is 0 Å². The van der Waals surface area contributed by atoms with Crippen molar-refractivity contribution in [2.45, 2.75) is 31.9 Å². The summed E-state index contributed by atoms with van der Waals surface area (Å²) in [6.07, 6.45) is 0.880. The minimum Gasteiger partial charge on any atom is -0.480 e. The second-order valence-corrected chi connectivity index (χ2v) is 3.98. The minimum absolute atomic E-state index is 0.188. The van der Waals surface area contributed by atoms with Crippen LogP contribution in [0.5, 0.6) is 0 Å². The van der Waals surface area contributed by atoms with Crippen LogP contribution in [0.1, 0.15) is 24.8 Å². The average Bonchev–Trinajstić information content (AvgIpc) is 2.37. The van der Waals surface area contributed by atoms with Crippen LogP contribution in [0.3, 0.4) is 0 Å². The molecule has 1 aromatic rings. The maximum atomic E-state index is 11.4. The van der Waals surface area contributed by atoms with Gasteiger partial charge in [-0.25, -0.2) is 0 Å². The Morgan fingerprint density at radius 1 is 1.28 bits per heavy atom. The van der Waals surface area contributed by atoms with E-state index in [0.717, 1.165) is 5.56 Å². The first-order valence-corrected chi connectivity index (χ1v) is 5.77. The fourth-order valence-corrected chi connectivity index (χ4v) is 1.40. The molecular formula is C13H17NO4. The highest BCUT2D eigenvalue weighted by molar-refractivity contribution is 5.73. The van der Waals surface area contributed by atoms with Crippen LogP contribution in [0.2, 0.25) is 0 Å². The monoisotopic (exact) mass is 251 g/mol. The zero-order valence-corrected chi connectivity index (χ0v) is 10.0. The van der Waals surface area contributed by atoms with E-state index in [2.05, 4.69) is 0 Å². The molecule has 18 heavy (non-hydrogen) atoms. The molecule has 0 bridgehead atoms. The number of ether oxygens (including phenoxy) is 1. The SMILES string of the molecule is NC(CCCC(=O)OCc1ccccc1)C(=O)O. The molecule has 3 N–H and O–H groups in total. The number of esters is 1. The number of hydrogen-bond acceptors (Lipinski definition) is 4. The third-order valence-corrected chi connectivity index (χ3v) is 2.46. The van der Waals surface area contributed by atoms with Gasteiger partial charge in [-0.1, -0.05) is 30.3 Å². The molecule has 0 aliphatic heterocycles. The Kier molecular flexibility index (Phi) is 5.87. The van der Waals surface area contributed by atoms with E-state index in [9.17, 15) is 9.59 Å². The van der Waals surface area contributed by atoms with E-state index in [1.54, 1.807) is 0 Å². The maximum absolute atomic E-state index is 11.4. The Hall–Kier alpha value is -1.88. The lowest BCUT2D eigenvalue weighted by atomic mass is 10.1. The molecule has 1 atom stereocenters. The molecule has 1 unspecified atom stereocenters. The molecule has 0 heterocycles. The van der Waals surface area contributed by atoms with Crippen LogP contribution < -0.4 is 5.73 Å². The van der Waals surface area contributed by atoms with Crippen LogP contribution in [-0.4, -0.2) is 23.1 Å². The molecule has 0 saturated carbocycles. The lowest BCUT2D eigenvalue weighted by molar-refractivity contribution is -0.145. The van der Waals surface area contributed by atoms with Gasteiger partial charge < -0.3 is 15.6 Å².